The molecule has 0 amide bonds. The van der Waals surface area contributed by atoms with E-state index in [9.17, 15) is 0 Å². The molecule has 0 unspecified atom stereocenters. The van der Waals surface area contributed by atoms with Crippen molar-refractivity contribution >= 4 is 54.0 Å². The van der Waals surface area contributed by atoms with Gasteiger partial charge in [0.15, 0.2) is 0 Å². The zero-order chi connectivity index (χ0) is 16.7. The molecule has 0 spiro atoms. The van der Waals surface area contributed by atoms with Crippen molar-refractivity contribution in [2.45, 2.75) is 78.1 Å². The van der Waals surface area contributed by atoms with Crippen LogP contribution in [0, 0.1) is 0 Å². The van der Waals surface area contributed by atoms with Crippen molar-refractivity contribution in [3.63, 3.8) is 0 Å². The molecular formula is C20H28Br2S. The second-order valence-electron chi connectivity index (χ2n) is 6.44. The molecular weight excluding hydrogens is 432 g/mol. The van der Waals surface area contributed by atoms with E-state index >= 15 is 0 Å². The predicted octanol–water partition coefficient (Wildman–Crippen LogP) is 8.67. The molecule has 1 aromatic heterocycles. The van der Waals surface area contributed by atoms with Crippen molar-refractivity contribution in [2.24, 2.45) is 0 Å². The highest BCUT2D eigenvalue weighted by atomic mass is 79.9. The first-order chi connectivity index (χ1) is 11.2. The maximum atomic E-state index is 3.73. The third-order valence-corrected chi connectivity index (χ3v) is 7.17. The normalized spacial score (nSPS) is 11.5. The minimum absolute atomic E-state index is 1.24. The molecule has 1 aromatic carbocycles. The Morgan fingerprint density at radius 3 is 1.52 bits per heavy atom. The Kier molecular flexibility index (Phi) is 8.64. The zero-order valence-electron chi connectivity index (χ0n) is 14.4. The molecule has 0 radical (unpaired) electrons. The lowest BCUT2D eigenvalue weighted by atomic mass is 9.94. The van der Waals surface area contributed by atoms with Gasteiger partial charge in [-0.1, -0.05) is 52.4 Å². The zero-order valence-corrected chi connectivity index (χ0v) is 18.4. The van der Waals surface area contributed by atoms with E-state index in [1.807, 2.05) is 0 Å². The van der Waals surface area contributed by atoms with Crippen molar-refractivity contribution < 1.29 is 0 Å². The molecule has 0 saturated carbocycles. The largest absolute Gasteiger partial charge is 0.120 e. The maximum Gasteiger partial charge on any atom is 0.0789 e. The number of rotatable bonds is 10. The summed E-state index contributed by atoms with van der Waals surface area (Å²) in [5.74, 6) is 0. The highest BCUT2D eigenvalue weighted by Gasteiger charge is 2.12. The van der Waals surface area contributed by atoms with Gasteiger partial charge in [-0.25, -0.2) is 0 Å². The molecule has 0 aliphatic carbocycles. The minimum atomic E-state index is 1.24. The van der Waals surface area contributed by atoms with Crippen molar-refractivity contribution in [1.82, 2.24) is 0 Å². The molecule has 3 heteroatoms. The first-order valence-corrected chi connectivity index (χ1v) is 11.5. The first-order valence-electron chi connectivity index (χ1n) is 9.06. The molecule has 2 aromatic rings. The number of halogens is 2. The molecule has 0 aliphatic rings. The van der Waals surface area contributed by atoms with E-state index in [1.54, 1.807) is 22.5 Å². The highest BCUT2D eigenvalue weighted by molar-refractivity contribution is 9.12. The number of aryl methyl sites for hydroxylation is 2. The summed E-state index contributed by atoms with van der Waals surface area (Å²) in [6.45, 7) is 4.57. The average Bonchev–Trinajstić information content (AvgIpc) is 2.82. The van der Waals surface area contributed by atoms with Crippen LogP contribution in [0.4, 0.5) is 0 Å². The second-order valence-corrected chi connectivity index (χ2v) is 10.1. The van der Waals surface area contributed by atoms with E-state index in [0.717, 1.165) is 0 Å². The average molecular weight is 460 g/mol. The quantitative estimate of drug-likeness (QED) is 0.311. The number of fused-ring (bicyclic) bond motifs is 1. The lowest BCUT2D eigenvalue weighted by molar-refractivity contribution is 0.651. The van der Waals surface area contributed by atoms with Gasteiger partial charge in [-0.2, -0.15) is 0 Å². The highest BCUT2D eigenvalue weighted by Crippen LogP contribution is 2.40. The van der Waals surface area contributed by atoms with Crippen LogP contribution in [-0.4, -0.2) is 0 Å². The molecule has 0 nitrogen and oxygen atoms in total. The van der Waals surface area contributed by atoms with Crippen LogP contribution in [0.5, 0.6) is 0 Å². The topological polar surface area (TPSA) is 0 Å². The Morgan fingerprint density at radius 2 is 1.13 bits per heavy atom. The lowest BCUT2D eigenvalue weighted by Gasteiger charge is -2.11. The molecule has 128 valence electrons. The van der Waals surface area contributed by atoms with E-state index in [4.69, 9.17) is 0 Å². The van der Waals surface area contributed by atoms with Gasteiger partial charge in [0.1, 0.15) is 0 Å². The molecule has 23 heavy (non-hydrogen) atoms. The fraction of sp³-hybridized carbons (Fsp3) is 0.600. The van der Waals surface area contributed by atoms with E-state index < -0.39 is 0 Å². The van der Waals surface area contributed by atoms with Crippen LogP contribution in [0.2, 0.25) is 0 Å². The Hall–Kier alpha value is 0.140. The molecule has 1 heterocycles. The summed E-state index contributed by atoms with van der Waals surface area (Å²) in [6, 6.07) is 4.89. The maximum absolute atomic E-state index is 3.73. The van der Waals surface area contributed by atoms with Gasteiger partial charge in [0.25, 0.3) is 0 Å². The summed E-state index contributed by atoms with van der Waals surface area (Å²) in [5.41, 5.74) is 3.16. The van der Waals surface area contributed by atoms with Crippen molar-refractivity contribution in [3.05, 3.63) is 30.8 Å². The number of thiophene rings is 1. The van der Waals surface area contributed by atoms with E-state index in [-0.39, 0.29) is 0 Å². The third kappa shape index (κ3) is 5.57. The molecule has 0 fully saturated rings. The second kappa shape index (κ2) is 10.2. The van der Waals surface area contributed by atoms with Crippen molar-refractivity contribution in [3.8, 4) is 0 Å². The summed E-state index contributed by atoms with van der Waals surface area (Å²) in [5, 5.41) is 2.76. The van der Waals surface area contributed by atoms with E-state index in [2.05, 4.69) is 57.8 Å². The first kappa shape index (κ1) is 19.5. The smallest absolute Gasteiger partial charge is 0.0789 e. The summed E-state index contributed by atoms with van der Waals surface area (Å²) < 4.78 is 2.51. The SMILES string of the molecule is CCCCCCc1cc2c(Br)sc(Br)c2cc1CCCCCC. The van der Waals surface area contributed by atoms with Crippen LogP contribution < -0.4 is 0 Å². The van der Waals surface area contributed by atoms with Crippen molar-refractivity contribution in [1.29, 1.82) is 0 Å². The summed E-state index contributed by atoms with van der Waals surface area (Å²) in [7, 11) is 0. The van der Waals surface area contributed by atoms with Gasteiger partial charge in [-0.15, -0.1) is 11.3 Å². The summed E-state index contributed by atoms with van der Waals surface area (Å²) in [4.78, 5) is 0. The summed E-state index contributed by atoms with van der Waals surface area (Å²) in [6.07, 6.45) is 13.2. The monoisotopic (exact) mass is 458 g/mol. The Morgan fingerprint density at radius 1 is 0.696 bits per heavy atom. The van der Waals surface area contributed by atoms with Crippen LogP contribution in [0.3, 0.4) is 0 Å². The van der Waals surface area contributed by atoms with Crippen LogP contribution in [-0.2, 0) is 12.8 Å². The van der Waals surface area contributed by atoms with Gasteiger partial charge >= 0.3 is 0 Å². The molecule has 2 rings (SSSR count). The van der Waals surface area contributed by atoms with Gasteiger partial charge in [-0.3, -0.25) is 0 Å². The van der Waals surface area contributed by atoms with Gasteiger partial charge in [0.05, 0.1) is 7.57 Å². The van der Waals surface area contributed by atoms with Gasteiger partial charge in [-0.05, 0) is 80.8 Å². The van der Waals surface area contributed by atoms with Crippen LogP contribution in [0.15, 0.2) is 19.7 Å². The fourth-order valence-corrected chi connectivity index (χ4v) is 6.15. The molecule has 0 N–H and O–H groups in total. The van der Waals surface area contributed by atoms with E-state index in [1.165, 1.54) is 82.6 Å². The predicted molar refractivity (Wildman–Crippen MR) is 113 cm³/mol. The Bertz CT molecular complexity index is 564. The third-order valence-electron chi connectivity index (χ3n) is 4.54. The van der Waals surface area contributed by atoms with Gasteiger partial charge in [0, 0.05) is 10.8 Å². The van der Waals surface area contributed by atoms with Crippen LogP contribution in [0.25, 0.3) is 10.8 Å². The van der Waals surface area contributed by atoms with Crippen LogP contribution in [0.1, 0.15) is 76.3 Å². The number of hydrogen-bond acceptors (Lipinski definition) is 1. The number of unbranched alkanes of at least 4 members (excludes halogenated alkanes) is 6. The van der Waals surface area contributed by atoms with Gasteiger partial charge < -0.3 is 0 Å². The van der Waals surface area contributed by atoms with E-state index in [0.29, 0.717) is 0 Å². The molecule has 0 aliphatic heterocycles. The lowest BCUT2D eigenvalue weighted by Crippen LogP contribution is -1.96. The minimum Gasteiger partial charge on any atom is -0.120 e. The Balaban J connectivity index is 2.18. The Labute approximate surface area is 162 Å². The number of hydrogen-bond donors (Lipinski definition) is 0. The van der Waals surface area contributed by atoms with Gasteiger partial charge in [0.2, 0.25) is 0 Å². The summed E-state index contributed by atoms with van der Waals surface area (Å²) >= 11 is 9.26. The van der Waals surface area contributed by atoms with Crippen LogP contribution >= 0.6 is 43.2 Å². The molecule has 0 atom stereocenters. The standard InChI is InChI=1S/C20H28Br2S/c1-3-5-7-9-11-15-13-17-18(20(22)23-19(17)21)14-16(15)12-10-8-6-4-2/h13-14H,3-12H2,1-2H3. The number of benzene rings is 1. The molecule has 0 bridgehead atoms. The van der Waals surface area contributed by atoms with Crippen molar-refractivity contribution in [2.75, 3.05) is 0 Å². The molecule has 0 saturated heterocycles. The fourth-order valence-electron chi connectivity index (χ4n) is 3.15.